The van der Waals surface area contributed by atoms with E-state index in [2.05, 4.69) is 21.9 Å². The summed E-state index contributed by atoms with van der Waals surface area (Å²) in [4.78, 5) is 12.8. The van der Waals surface area contributed by atoms with Gasteiger partial charge in [-0.25, -0.2) is 5.84 Å². The molecule has 1 atom stereocenters. The third-order valence-electron chi connectivity index (χ3n) is 4.28. The first-order chi connectivity index (χ1) is 13.9. The summed E-state index contributed by atoms with van der Waals surface area (Å²) < 4.78 is 17.7. The molecule has 0 aromatic carbocycles. The van der Waals surface area contributed by atoms with Gasteiger partial charge in [0.05, 0.1) is 6.54 Å². The van der Waals surface area contributed by atoms with Gasteiger partial charge in [0.15, 0.2) is 0 Å². The monoisotopic (exact) mass is 429 g/mol. The van der Waals surface area contributed by atoms with Crippen LogP contribution in [0.3, 0.4) is 0 Å². The first-order valence-corrected chi connectivity index (χ1v) is 12.5. The summed E-state index contributed by atoms with van der Waals surface area (Å²) >= 11 is 0. The maximum atomic E-state index is 6.13. The number of unbranched alkanes of at least 4 members (excludes halogenated alkanes) is 1. The molecular formula is C18H39N7O3Si. The van der Waals surface area contributed by atoms with Crippen LogP contribution in [-0.4, -0.2) is 56.2 Å². The summed E-state index contributed by atoms with van der Waals surface area (Å²) in [6, 6.07) is 0.633. The van der Waals surface area contributed by atoms with Crippen molar-refractivity contribution in [2.45, 2.75) is 71.9 Å². The van der Waals surface area contributed by atoms with Gasteiger partial charge in [-0.1, -0.05) is 19.8 Å². The van der Waals surface area contributed by atoms with Crippen molar-refractivity contribution in [3.8, 4) is 0 Å². The Morgan fingerprint density at radius 3 is 2.14 bits per heavy atom. The number of rotatable bonds is 16. The normalized spacial score (nSPS) is 12.9. The second-order valence-electron chi connectivity index (χ2n) is 6.80. The fourth-order valence-electron chi connectivity index (χ4n) is 3.02. The molecule has 1 aromatic heterocycles. The Bertz CT molecular complexity index is 565. The molecule has 0 saturated heterocycles. The number of nitrogens with zero attached hydrogens (tertiary/aromatic N) is 4. The van der Waals surface area contributed by atoms with Crippen molar-refractivity contribution < 1.29 is 13.3 Å². The van der Waals surface area contributed by atoms with Crippen LogP contribution in [0.2, 0.25) is 6.04 Å². The quantitative estimate of drug-likeness (QED) is 0.201. The Kier molecular flexibility index (Phi) is 12.2. The van der Waals surface area contributed by atoms with E-state index in [4.69, 9.17) is 30.6 Å². The van der Waals surface area contributed by atoms with Gasteiger partial charge in [0.25, 0.3) is 0 Å². The highest BCUT2D eigenvalue weighted by Crippen LogP contribution is 2.20. The average molecular weight is 430 g/mol. The van der Waals surface area contributed by atoms with Gasteiger partial charge in [-0.3, -0.25) is 5.01 Å². The van der Waals surface area contributed by atoms with Gasteiger partial charge < -0.3 is 24.7 Å². The van der Waals surface area contributed by atoms with Crippen molar-refractivity contribution in [2.75, 3.05) is 37.1 Å². The predicted octanol–water partition coefficient (Wildman–Crippen LogP) is 1.63. The molecular weight excluding hydrogens is 390 g/mol. The van der Waals surface area contributed by atoms with E-state index in [-0.39, 0.29) is 12.0 Å². The van der Waals surface area contributed by atoms with Crippen molar-refractivity contribution in [3.63, 3.8) is 0 Å². The molecule has 0 bridgehead atoms. The summed E-state index contributed by atoms with van der Waals surface area (Å²) in [6.07, 6.45) is 4.39. The molecule has 29 heavy (non-hydrogen) atoms. The summed E-state index contributed by atoms with van der Waals surface area (Å²) in [5, 5.41) is 1.45. The van der Waals surface area contributed by atoms with Crippen LogP contribution >= 0.6 is 0 Å². The van der Waals surface area contributed by atoms with Crippen molar-refractivity contribution in [2.24, 2.45) is 11.6 Å². The Hall–Kier alpha value is -1.37. The van der Waals surface area contributed by atoms with Gasteiger partial charge in [-0.2, -0.15) is 15.0 Å². The molecule has 11 heteroatoms. The molecule has 0 radical (unpaired) electrons. The van der Waals surface area contributed by atoms with Gasteiger partial charge in [-0.05, 0) is 33.6 Å². The van der Waals surface area contributed by atoms with Gasteiger partial charge >= 0.3 is 8.80 Å². The lowest BCUT2D eigenvalue weighted by molar-refractivity contribution is 0.0708. The van der Waals surface area contributed by atoms with E-state index >= 15 is 0 Å². The summed E-state index contributed by atoms with van der Waals surface area (Å²) in [5.41, 5.74) is 12.0. The number of anilines is 2. The van der Waals surface area contributed by atoms with Crippen molar-refractivity contribution in [1.82, 2.24) is 15.0 Å². The molecule has 1 rings (SSSR count). The van der Waals surface area contributed by atoms with Crippen molar-refractivity contribution in [1.29, 1.82) is 0 Å². The van der Waals surface area contributed by atoms with Crippen LogP contribution < -0.4 is 22.3 Å². The zero-order valence-corrected chi connectivity index (χ0v) is 19.4. The van der Waals surface area contributed by atoms with Crippen LogP contribution in [0, 0.1) is 0 Å². The Labute approximate surface area is 175 Å². The second kappa shape index (κ2) is 13.8. The van der Waals surface area contributed by atoms with Gasteiger partial charge in [0, 0.05) is 38.3 Å². The maximum absolute atomic E-state index is 6.13. The van der Waals surface area contributed by atoms with Crippen molar-refractivity contribution in [3.05, 3.63) is 5.82 Å². The number of aryl methyl sites for hydroxylation is 1. The largest absolute Gasteiger partial charge is 0.500 e. The zero-order chi connectivity index (χ0) is 21.7. The Morgan fingerprint density at radius 1 is 0.966 bits per heavy atom. The zero-order valence-electron chi connectivity index (χ0n) is 18.4. The molecule has 6 N–H and O–H groups in total. The standard InChI is InChI=1S/C18H39N7O3Si/c1-5-9-11-15(19)14-25(21)18-23-16(22-17(20)24-18)12-10-13-29(26-6-2,27-7-3)28-8-4/h15H,5-14,19,21H2,1-4H3,(H2,20,22,23,24). The molecule has 0 fully saturated rings. The predicted molar refractivity (Wildman–Crippen MR) is 117 cm³/mol. The first-order valence-electron chi connectivity index (χ1n) is 10.6. The highest BCUT2D eigenvalue weighted by atomic mass is 28.4. The van der Waals surface area contributed by atoms with E-state index in [1.807, 2.05) is 20.8 Å². The van der Waals surface area contributed by atoms with Crippen LogP contribution in [0.1, 0.15) is 59.2 Å². The number of nitrogen functional groups attached to an aromatic ring is 1. The molecule has 1 heterocycles. The van der Waals surface area contributed by atoms with Crippen molar-refractivity contribution >= 4 is 20.7 Å². The summed E-state index contributed by atoms with van der Waals surface area (Å²) in [5.74, 6) is 7.17. The Balaban J connectivity index is 2.74. The fourth-order valence-corrected chi connectivity index (χ4v) is 5.63. The lowest BCUT2D eigenvalue weighted by Crippen LogP contribution is -2.46. The van der Waals surface area contributed by atoms with E-state index in [0.717, 1.165) is 25.7 Å². The third-order valence-corrected chi connectivity index (χ3v) is 7.43. The highest BCUT2D eigenvalue weighted by molar-refractivity contribution is 6.60. The number of nitrogens with two attached hydrogens (primary N) is 3. The number of hydrogen-bond donors (Lipinski definition) is 3. The molecule has 168 valence electrons. The Morgan fingerprint density at radius 2 is 1.59 bits per heavy atom. The number of hydrazine groups is 1. The molecule has 1 aromatic rings. The average Bonchev–Trinajstić information content (AvgIpc) is 2.66. The minimum Gasteiger partial charge on any atom is -0.374 e. The third kappa shape index (κ3) is 9.32. The lowest BCUT2D eigenvalue weighted by atomic mass is 10.1. The number of hydrogen-bond acceptors (Lipinski definition) is 10. The highest BCUT2D eigenvalue weighted by Gasteiger charge is 2.39. The molecule has 0 saturated carbocycles. The number of aromatic nitrogens is 3. The second-order valence-corrected chi connectivity index (χ2v) is 9.53. The summed E-state index contributed by atoms with van der Waals surface area (Å²) in [7, 11) is -2.69. The fraction of sp³-hybridized carbons (Fsp3) is 0.833. The van der Waals surface area contributed by atoms with E-state index in [0.29, 0.717) is 50.6 Å². The van der Waals surface area contributed by atoms with Gasteiger partial charge in [0.2, 0.25) is 11.9 Å². The minimum absolute atomic E-state index is 0.0448. The molecule has 0 spiro atoms. The minimum atomic E-state index is -2.69. The van der Waals surface area contributed by atoms with Crippen LogP contribution in [0.15, 0.2) is 0 Å². The van der Waals surface area contributed by atoms with Crippen LogP contribution in [-0.2, 0) is 19.7 Å². The van der Waals surface area contributed by atoms with Crippen LogP contribution in [0.4, 0.5) is 11.9 Å². The van der Waals surface area contributed by atoms with Crippen LogP contribution in [0.25, 0.3) is 0 Å². The molecule has 10 nitrogen and oxygen atoms in total. The SMILES string of the molecule is CCCCC(N)CN(N)c1nc(N)nc(CCC[Si](OCC)(OCC)OCC)n1. The van der Waals surface area contributed by atoms with E-state index in [9.17, 15) is 0 Å². The summed E-state index contributed by atoms with van der Waals surface area (Å²) in [6.45, 7) is 10.1. The molecule has 0 amide bonds. The van der Waals surface area contributed by atoms with E-state index < -0.39 is 8.80 Å². The lowest BCUT2D eigenvalue weighted by Gasteiger charge is -2.28. The van der Waals surface area contributed by atoms with Crippen LogP contribution in [0.5, 0.6) is 0 Å². The van der Waals surface area contributed by atoms with E-state index in [1.54, 1.807) is 0 Å². The first kappa shape index (κ1) is 25.7. The molecule has 1 unspecified atom stereocenters. The molecule has 0 aliphatic heterocycles. The smallest absolute Gasteiger partial charge is 0.374 e. The molecule has 0 aliphatic carbocycles. The van der Waals surface area contributed by atoms with Gasteiger partial charge in [0.1, 0.15) is 5.82 Å². The topological polar surface area (TPSA) is 148 Å². The maximum Gasteiger partial charge on any atom is 0.500 e. The van der Waals surface area contributed by atoms with Gasteiger partial charge in [-0.15, -0.1) is 0 Å². The van der Waals surface area contributed by atoms with E-state index in [1.165, 1.54) is 5.01 Å². The molecule has 0 aliphatic rings.